The van der Waals surface area contributed by atoms with E-state index in [-0.39, 0.29) is 10.1 Å². The first-order valence-corrected chi connectivity index (χ1v) is 9.58. The van der Waals surface area contributed by atoms with Gasteiger partial charge in [0.15, 0.2) is 9.84 Å². The molecule has 2 unspecified atom stereocenters. The lowest BCUT2D eigenvalue weighted by molar-refractivity contribution is 0.533. The van der Waals surface area contributed by atoms with Gasteiger partial charge in [0, 0.05) is 4.83 Å². The van der Waals surface area contributed by atoms with E-state index in [2.05, 4.69) is 15.9 Å². The van der Waals surface area contributed by atoms with Gasteiger partial charge in [-0.1, -0.05) is 51.6 Å². The van der Waals surface area contributed by atoms with Gasteiger partial charge in [-0.25, -0.2) is 8.42 Å². The van der Waals surface area contributed by atoms with E-state index in [1.54, 1.807) is 12.1 Å². The summed E-state index contributed by atoms with van der Waals surface area (Å²) < 4.78 is 24.1. The minimum Gasteiger partial charge on any atom is -0.229 e. The molecule has 0 bridgehead atoms. The molecule has 0 amide bonds. The van der Waals surface area contributed by atoms with E-state index in [1.807, 2.05) is 6.07 Å². The molecule has 0 aromatic heterocycles. The number of hydrogen-bond donors (Lipinski definition) is 0. The average Bonchev–Trinajstić information content (AvgIpc) is 2.33. The van der Waals surface area contributed by atoms with Crippen molar-refractivity contribution in [2.75, 3.05) is 5.75 Å². The maximum Gasteiger partial charge on any atom is 0.154 e. The fourth-order valence-corrected chi connectivity index (χ4v) is 6.34. The summed E-state index contributed by atoms with van der Waals surface area (Å²) in [7, 11) is -2.97. The van der Waals surface area contributed by atoms with Crippen LogP contribution in [0.5, 0.6) is 0 Å². The van der Waals surface area contributed by atoms with Gasteiger partial charge in [-0.05, 0) is 37.0 Å². The lowest BCUT2D eigenvalue weighted by atomic mass is 10.0. The van der Waals surface area contributed by atoms with Gasteiger partial charge in [0.25, 0.3) is 0 Å². The van der Waals surface area contributed by atoms with Crippen LogP contribution >= 0.6 is 39.1 Å². The lowest BCUT2D eigenvalue weighted by Gasteiger charge is -2.26. The molecule has 1 aromatic carbocycles. The zero-order valence-electron chi connectivity index (χ0n) is 10.3. The smallest absolute Gasteiger partial charge is 0.154 e. The summed E-state index contributed by atoms with van der Waals surface area (Å²) >= 11 is 15.4. The maximum absolute atomic E-state index is 12.1. The van der Waals surface area contributed by atoms with Crippen LogP contribution in [0.15, 0.2) is 18.2 Å². The molecule has 2 nitrogen and oxygen atoms in total. The Hall–Kier alpha value is 0.230. The molecule has 1 saturated heterocycles. The summed E-state index contributed by atoms with van der Waals surface area (Å²) in [5.74, 6) is 0.307. The van der Waals surface area contributed by atoms with Crippen molar-refractivity contribution in [3.8, 4) is 0 Å². The second kappa shape index (κ2) is 6.33. The highest BCUT2D eigenvalue weighted by Crippen LogP contribution is 2.30. The minimum absolute atomic E-state index is 0.0740. The number of benzene rings is 1. The molecular formula is C13H15BrCl2O2S. The van der Waals surface area contributed by atoms with E-state index in [4.69, 9.17) is 23.2 Å². The normalized spacial score (nSPS) is 24.1. The van der Waals surface area contributed by atoms with E-state index in [0.29, 0.717) is 22.2 Å². The van der Waals surface area contributed by atoms with Crippen molar-refractivity contribution in [1.29, 1.82) is 0 Å². The highest BCUT2D eigenvalue weighted by molar-refractivity contribution is 9.09. The molecule has 6 heteroatoms. The van der Waals surface area contributed by atoms with Crippen molar-refractivity contribution in [2.45, 2.75) is 35.8 Å². The number of sulfone groups is 1. The van der Waals surface area contributed by atoms with Crippen LogP contribution in [-0.4, -0.2) is 24.2 Å². The molecule has 1 fully saturated rings. The van der Waals surface area contributed by atoms with Gasteiger partial charge in [0.1, 0.15) is 0 Å². The Morgan fingerprint density at radius 3 is 2.63 bits per heavy atom. The maximum atomic E-state index is 12.1. The van der Waals surface area contributed by atoms with Crippen LogP contribution in [0.2, 0.25) is 10.0 Å². The first-order valence-electron chi connectivity index (χ1n) is 6.20. The number of hydrogen-bond acceptors (Lipinski definition) is 2. The molecule has 2 atom stereocenters. The quantitative estimate of drug-likeness (QED) is 0.728. The van der Waals surface area contributed by atoms with Crippen molar-refractivity contribution < 1.29 is 8.42 Å². The Labute approximate surface area is 132 Å². The van der Waals surface area contributed by atoms with Crippen molar-refractivity contribution in [3.05, 3.63) is 33.8 Å². The summed E-state index contributed by atoms with van der Waals surface area (Å²) in [5, 5.41) is 0.725. The molecular weight excluding hydrogens is 371 g/mol. The molecule has 2 rings (SSSR count). The van der Waals surface area contributed by atoms with Crippen LogP contribution in [0.3, 0.4) is 0 Å². The van der Waals surface area contributed by atoms with E-state index in [9.17, 15) is 8.42 Å². The third-order valence-corrected chi connectivity index (χ3v) is 7.84. The van der Waals surface area contributed by atoms with Crippen molar-refractivity contribution in [3.63, 3.8) is 0 Å². The third kappa shape index (κ3) is 3.87. The van der Waals surface area contributed by atoms with Gasteiger partial charge in [0.2, 0.25) is 0 Å². The molecule has 1 aromatic rings. The predicted octanol–water partition coefficient (Wildman–Crippen LogP) is 4.27. The fourth-order valence-electron chi connectivity index (χ4n) is 2.41. The second-order valence-electron chi connectivity index (χ2n) is 4.87. The van der Waals surface area contributed by atoms with Crippen LogP contribution in [0.25, 0.3) is 0 Å². The number of halogens is 3. The van der Waals surface area contributed by atoms with Crippen LogP contribution in [0, 0.1) is 0 Å². The second-order valence-corrected chi connectivity index (χ2v) is 9.20. The molecule has 0 saturated carbocycles. The van der Waals surface area contributed by atoms with E-state index in [0.717, 1.165) is 24.8 Å². The van der Waals surface area contributed by atoms with Crippen LogP contribution in [-0.2, 0) is 16.3 Å². The predicted molar refractivity (Wildman–Crippen MR) is 84.3 cm³/mol. The summed E-state index contributed by atoms with van der Waals surface area (Å²) in [6.45, 7) is 0. The van der Waals surface area contributed by atoms with E-state index < -0.39 is 9.84 Å². The molecule has 0 aliphatic carbocycles. The van der Waals surface area contributed by atoms with Gasteiger partial charge < -0.3 is 0 Å². The zero-order chi connectivity index (χ0) is 14.0. The summed E-state index contributed by atoms with van der Waals surface area (Å²) in [5.41, 5.74) is 0.997. The van der Waals surface area contributed by atoms with Crippen LogP contribution in [0.1, 0.15) is 24.8 Å². The Balaban J connectivity index is 2.11. The van der Waals surface area contributed by atoms with E-state index >= 15 is 0 Å². The first-order chi connectivity index (χ1) is 8.90. The molecule has 0 radical (unpaired) electrons. The van der Waals surface area contributed by atoms with Gasteiger partial charge >= 0.3 is 0 Å². The molecule has 1 heterocycles. The standard InChI is InChI=1S/C13H15BrCl2O2S/c14-10(13-3-1-2-6-19(13,17)18)7-9-4-5-11(15)12(16)8-9/h4-5,8,10,13H,1-3,6-7H2. The molecule has 1 aliphatic rings. The zero-order valence-corrected chi connectivity index (χ0v) is 14.2. The number of alkyl halides is 1. The SMILES string of the molecule is O=S1(=O)CCCCC1C(Br)Cc1ccc(Cl)c(Cl)c1. The molecule has 19 heavy (non-hydrogen) atoms. The van der Waals surface area contributed by atoms with Gasteiger partial charge in [-0.3, -0.25) is 0 Å². The van der Waals surface area contributed by atoms with Gasteiger partial charge in [-0.2, -0.15) is 0 Å². The first kappa shape index (κ1) is 15.6. The number of rotatable bonds is 3. The molecule has 1 aliphatic heterocycles. The van der Waals surface area contributed by atoms with Gasteiger partial charge in [-0.15, -0.1) is 0 Å². The highest BCUT2D eigenvalue weighted by atomic mass is 79.9. The fraction of sp³-hybridized carbons (Fsp3) is 0.538. The molecule has 106 valence electrons. The molecule has 0 N–H and O–H groups in total. The largest absolute Gasteiger partial charge is 0.229 e. The van der Waals surface area contributed by atoms with Crippen LogP contribution in [0.4, 0.5) is 0 Å². The summed E-state index contributed by atoms with van der Waals surface area (Å²) in [4.78, 5) is -0.0740. The van der Waals surface area contributed by atoms with Crippen LogP contribution < -0.4 is 0 Å². The third-order valence-electron chi connectivity index (χ3n) is 3.45. The van der Waals surface area contributed by atoms with Gasteiger partial charge in [0.05, 0.1) is 21.0 Å². The lowest BCUT2D eigenvalue weighted by Crippen LogP contribution is -2.36. The Morgan fingerprint density at radius 2 is 2.00 bits per heavy atom. The summed E-state index contributed by atoms with van der Waals surface area (Å²) in [6, 6.07) is 5.43. The van der Waals surface area contributed by atoms with Crippen molar-refractivity contribution in [2.24, 2.45) is 0 Å². The topological polar surface area (TPSA) is 34.1 Å². The van der Waals surface area contributed by atoms with Crippen molar-refractivity contribution in [1.82, 2.24) is 0 Å². The highest BCUT2D eigenvalue weighted by Gasteiger charge is 2.34. The van der Waals surface area contributed by atoms with Crippen molar-refractivity contribution >= 4 is 49.0 Å². The minimum atomic E-state index is -2.97. The monoisotopic (exact) mass is 384 g/mol. The average molecular weight is 386 g/mol. The Kier molecular flexibility index (Phi) is 5.21. The Bertz CT molecular complexity index is 560. The molecule has 0 spiro atoms. The van der Waals surface area contributed by atoms with E-state index in [1.165, 1.54) is 0 Å². The Morgan fingerprint density at radius 1 is 1.26 bits per heavy atom. The summed E-state index contributed by atoms with van der Waals surface area (Å²) in [6.07, 6.45) is 3.14.